The number of anilines is 1. The zero-order valence-electron chi connectivity index (χ0n) is 23.1. The Morgan fingerprint density at radius 1 is 1.07 bits per heavy atom. The highest BCUT2D eigenvalue weighted by Crippen LogP contribution is 2.36. The lowest BCUT2D eigenvalue weighted by molar-refractivity contribution is -0.0500. The van der Waals surface area contributed by atoms with Gasteiger partial charge in [0.1, 0.15) is 16.5 Å². The minimum atomic E-state index is -6.00. The SMILES string of the molecule is Cc1cc(C(C)Nc2ccc(Cl)nc2-c2ccc(OS(=O)(=O)C(F)(F)F)c(C=O)c2)c2oc(C(C)C)c(C)c(=O)c2c1. The molecule has 1 N–H and O–H groups in total. The van der Waals surface area contributed by atoms with E-state index in [-0.39, 0.29) is 34.0 Å². The molecule has 0 fully saturated rings. The summed E-state index contributed by atoms with van der Waals surface area (Å²) in [6.45, 7) is 9.30. The van der Waals surface area contributed by atoms with Gasteiger partial charge >= 0.3 is 15.6 Å². The van der Waals surface area contributed by atoms with Gasteiger partial charge in [0.25, 0.3) is 0 Å². The minimum absolute atomic E-state index is 0.0309. The van der Waals surface area contributed by atoms with Gasteiger partial charge in [0.05, 0.1) is 28.4 Å². The van der Waals surface area contributed by atoms with Gasteiger partial charge in [0, 0.05) is 22.6 Å². The quantitative estimate of drug-likeness (QED) is 0.0931. The predicted octanol–water partition coefficient (Wildman–Crippen LogP) is 7.46. The number of nitrogens with one attached hydrogen (secondary N) is 1. The third kappa shape index (κ3) is 6.00. The number of fused-ring (bicyclic) bond motifs is 1. The molecule has 42 heavy (non-hydrogen) atoms. The number of halogens is 4. The molecule has 4 aromatic rings. The van der Waals surface area contributed by atoms with E-state index in [0.29, 0.717) is 33.5 Å². The molecule has 13 heteroatoms. The molecule has 0 aliphatic rings. The Kier molecular flexibility index (Phi) is 8.43. The molecule has 0 amide bonds. The second-order valence-corrected chi connectivity index (χ2v) is 12.0. The maximum Gasteiger partial charge on any atom is 0.534 e. The molecule has 2 heterocycles. The van der Waals surface area contributed by atoms with Crippen molar-refractivity contribution in [1.82, 2.24) is 4.98 Å². The van der Waals surface area contributed by atoms with Crippen LogP contribution in [0.5, 0.6) is 5.75 Å². The summed E-state index contributed by atoms with van der Waals surface area (Å²) in [4.78, 5) is 29.2. The lowest BCUT2D eigenvalue weighted by Crippen LogP contribution is -2.28. The van der Waals surface area contributed by atoms with E-state index < -0.39 is 33.0 Å². The average molecular weight is 623 g/mol. The van der Waals surface area contributed by atoms with Gasteiger partial charge in [-0.25, -0.2) is 4.98 Å². The molecular formula is C29H26ClF3N2O6S. The van der Waals surface area contributed by atoms with Gasteiger partial charge in [0.2, 0.25) is 0 Å². The molecule has 0 aliphatic carbocycles. The number of alkyl halides is 3. The fraction of sp³-hybridized carbons (Fsp3) is 0.276. The number of benzene rings is 2. The number of aldehydes is 1. The van der Waals surface area contributed by atoms with Gasteiger partial charge < -0.3 is 13.9 Å². The Bertz CT molecular complexity index is 1870. The number of carbonyl (C=O) groups excluding carboxylic acids is 1. The Morgan fingerprint density at radius 3 is 2.38 bits per heavy atom. The lowest BCUT2D eigenvalue weighted by atomic mass is 9.98. The summed E-state index contributed by atoms with van der Waals surface area (Å²) in [7, 11) is -6.00. The predicted molar refractivity (Wildman–Crippen MR) is 154 cm³/mol. The van der Waals surface area contributed by atoms with Crippen molar-refractivity contribution < 1.29 is 35.0 Å². The number of pyridine rings is 1. The number of hydrogen-bond acceptors (Lipinski definition) is 8. The fourth-order valence-corrected chi connectivity index (χ4v) is 5.20. The van der Waals surface area contributed by atoms with Crippen molar-refractivity contribution in [3.63, 3.8) is 0 Å². The Labute approximate surface area is 244 Å². The van der Waals surface area contributed by atoms with Crippen LogP contribution in [0, 0.1) is 13.8 Å². The van der Waals surface area contributed by atoms with Crippen LogP contribution in [0.4, 0.5) is 18.9 Å². The Balaban J connectivity index is 1.79. The van der Waals surface area contributed by atoms with E-state index in [1.807, 2.05) is 33.8 Å². The minimum Gasteiger partial charge on any atom is -0.460 e. The molecule has 1 unspecified atom stereocenters. The van der Waals surface area contributed by atoms with Gasteiger partial charge in [0.15, 0.2) is 17.5 Å². The van der Waals surface area contributed by atoms with Crippen LogP contribution < -0.4 is 14.9 Å². The van der Waals surface area contributed by atoms with Crippen molar-refractivity contribution >= 4 is 44.7 Å². The van der Waals surface area contributed by atoms with Crippen LogP contribution in [0.3, 0.4) is 0 Å². The Hall–Kier alpha value is -3.90. The first-order chi connectivity index (χ1) is 19.5. The number of carbonyl (C=O) groups is 1. The molecule has 2 aromatic carbocycles. The van der Waals surface area contributed by atoms with Gasteiger partial charge in [-0.05, 0) is 62.7 Å². The molecular weight excluding hydrogens is 597 g/mol. The van der Waals surface area contributed by atoms with Gasteiger partial charge in [-0.1, -0.05) is 31.5 Å². The summed E-state index contributed by atoms with van der Waals surface area (Å²) in [6.07, 6.45) is 0.167. The monoisotopic (exact) mass is 622 g/mol. The van der Waals surface area contributed by atoms with Crippen LogP contribution in [0.1, 0.15) is 65.5 Å². The van der Waals surface area contributed by atoms with Crippen molar-refractivity contribution in [2.24, 2.45) is 0 Å². The molecule has 222 valence electrons. The van der Waals surface area contributed by atoms with Crippen molar-refractivity contribution in [3.05, 3.63) is 85.9 Å². The van der Waals surface area contributed by atoms with Gasteiger partial charge in [-0.15, -0.1) is 0 Å². The largest absolute Gasteiger partial charge is 0.534 e. The summed E-state index contributed by atoms with van der Waals surface area (Å²) in [6, 6.07) is 9.67. The Morgan fingerprint density at radius 2 is 1.76 bits per heavy atom. The standard InChI is InChI=1S/C29H26ClF3N2O6S/c1-14(2)27-16(4)26(37)21-11-15(3)10-20(28(21)40-27)17(5)34-22-7-9-24(30)35-25(22)18-6-8-23(19(12-18)13-36)41-42(38,39)29(31,32)33/h6-14,17,34H,1-5H3. The van der Waals surface area contributed by atoms with Crippen LogP contribution in [0.25, 0.3) is 22.2 Å². The second kappa shape index (κ2) is 11.4. The van der Waals surface area contributed by atoms with Crippen molar-refractivity contribution in [2.45, 2.75) is 52.1 Å². The summed E-state index contributed by atoms with van der Waals surface area (Å²) in [5.41, 5.74) is -2.87. The third-order valence-electron chi connectivity index (χ3n) is 6.55. The smallest absolute Gasteiger partial charge is 0.460 e. The first-order valence-electron chi connectivity index (χ1n) is 12.6. The number of aryl methyl sites for hydroxylation is 1. The van der Waals surface area contributed by atoms with E-state index in [9.17, 15) is 31.2 Å². The topological polar surface area (TPSA) is 116 Å². The molecule has 0 saturated carbocycles. The molecule has 0 bridgehead atoms. The molecule has 1 atom stereocenters. The molecule has 0 saturated heterocycles. The number of aromatic nitrogens is 1. The van der Waals surface area contributed by atoms with Crippen LogP contribution in [0.15, 0.2) is 51.7 Å². The summed E-state index contributed by atoms with van der Waals surface area (Å²) in [5.74, 6) is -0.250. The zero-order chi connectivity index (χ0) is 31.1. The van der Waals surface area contributed by atoms with E-state index in [2.05, 4.69) is 14.5 Å². The van der Waals surface area contributed by atoms with E-state index in [4.69, 9.17) is 16.0 Å². The normalized spacial score (nSPS) is 12.9. The van der Waals surface area contributed by atoms with E-state index >= 15 is 0 Å². The molecule has 0 aliphatic heterocycles. The highest BCUT2D eigenvalue weighted by molar-refractivity contribution is 7.88. The third-order valence-corrected chi connectivity index (χ3v) is 7.72. The maximum absolute atomic E-state index is 13.2. The summed E-state index contributed by atoms with van der Waals surface area (Å²) >= 11 is 6.15. The summed E-state index contributed by atoms with van der Waals surface area (Å²) < 4.78 is 71.9. The summed E-state index contributed by atoms with van der Waals surface area (Å²) in [5, 5.41) is 3.84. The second-order valence-electron chi connectivity index (χ2n) is 10.1. The van der Waals surface area contributed by atoms with Crippen LogP contribution in [-0.4, -0.2) is 25.2 Å². The first-order valence-corrected chi connectivity index (χ1v) is 14.4. The van der Waals surface area contributed by atoms with Gasteiger partial charge in [-0.2, -0.15) is 21.6 Å². The highest BCUT2D eigenvalue weighted by Gasteiger charge is 2.48. The molecule has 8 nitrogen and oxygen atoms in total. The average Bonchev–Trinajstić information content (AvgIpc) is 2.90. The molecule has 2 aromatic heterocycles. The maximum atomic E-state index is 13.2. The number of nitrogens with zero attached hydrogens (tertiary/aromatic N) is 1. The lowest BCUT2D eigenvalue weighted by Gasteiger charge is -2.21. The van der Waals surface area contributed by atoms with Gasteiger partial charge in [-0.3, -0.25) is 9.59 Å². The van der Waals surface area contributed by atoms with Crippen LogP contribution in [0.2, 0.25) is 5.15 Å². The van der Waals surface area contributed by atoms with Crippen molar-refractivity contribution in [3.8, 4) is 17.0 Å². The van der Waals surface area contributed by atoms with Crippen molar-refractivity contribution in [1.29, 1.82) is 0 Å². The van der Waals surface area contributed by atoms with E-state index in [0.717, 1.165) is 17.7 Å². The van der Waals surface area contributed by atoms with E-state index in [1.54, 1.807) is 19.1 Å². The van der Waals surface area contributed by atoms with Crippen molar-refractivity contribution in [2.75, 3.05) is 5.32 Å². The molecule has 4 rings (SSSR count). The zero-order valence-corrected chi connectivity index (χ0v) is 24.7. The molecule has 0 spiro atoms. The number of rotatable bonds is 8. The van der Waals surface area contributed by atoms with Crippen LogP contribution >= 0.6 is 11.6 Å². The molecule has 0 radical (unpaired) electrons. The fourth-order valence-electron chi connectivity index (χ4n) is 4.57. The van der Waals surface area contributed by atoms with E-state index in [1.165, 1.54) is 12.1 Å². The highest BCUT2D eigenvalue weighted by atomic mass is 35.5. The first kappa shape index (κ1) is 31.0. The van der Waals surface area contributed by atoms with Crippen LogP contribution in [-0.2, 0) is 10.1 Å². The number of hydrogen-bond donors (Lipinski definition) is 1.